The van der Waals surface area contributed by atoms with Crippen LogP contribution in [-0.2, 0) is 4.79 Å². The number of alkyl halides is 2. The Kier molecular flexibility index (Phi) is 5.88. The summed E-state index contributed by atoms with van der Waals surface area (Å²) in [5.41, 5.74) is 0.975. The molecular formula is C20H17F2NO5. The zero-order valence-electron chi connectivity index (χ0n) is 14.9. The number of carbonyl (C=O) groups excluding carboxylic acids is 2. The van der Waals surface area contributed by atoms with Crippen molar-refractivity contribution in [2.24, 2.45) is 0 Å². The average molecular weight is 389 g/mol. The predicted molar refractivity (Wildman–Crippen MR) is 98.2 cm³/mol. The van der Waals surface area contributed by atoms with E-state index in [4.69, 9.17) is 9.47 Å². The Morgan fingerprint density at radius 2 is 2.14 bits per heavy atom. The molecule has 3 rings (SSSR count). The number of hydrogen-bond acceptors (Lipinski definition) is 5. The molecule has 1 N–H and O–H groups in total. The highest BCUT2D eigenvalue weighted by molar-refractivity contribution is 6.08. The summed E-state index contributed by atoms with van der Waals surface area (Å²) in [6.07, 6.45) is 2.60. The number of nitrogens with one attached hydrogen (secondary N) is 1. The van der Waals surface area contributed by atoms with Crippen LogP contribution in [0.3, 0.4) is 0 Å². The van der Waals surface area contributed by atoms with Gasteiger partial charge in [0.25, 0.3) is 5.91 Å². The Morgan fingerprint density at radius 1 is 1.32 bits per heavy atom. The third-order valence-corrected chi connectivity index (χ3v) is 3.83. The summed E-state index contributed by atoms with van der Waals surface area (Å²) in [5.74, 6) is -0.209. The van der Waals surface area contributed by atoms with Gasteiger partial charge in [-0.3, -0.25) is 9.59 Å². The van der Waals surface area contributed by atoms with Crippen LogP contribution in [0.5, 0.6) is 17.2 Å². The van der Waals surface area contributed by atoms with Crippen molar-refractivity contribution in [3.63, 3.8) is 0 Å². The largest absolute Gasteiger partial charge is 0.490 e. The number of ether oxygens (including phenoxy) is 3. The molecule has 0 aliphatic carbocycles. The fourth-order valence-electron chi connectivity index (χ4n) is 2.65. The molecule has 1 heterocycles. The highest BCUT2D eigenvalue weighted by atomic mass is 19.3. The molecule has 0 fully saturated rings. The first kappa shape index (κ1) is 19.3. The number of allylic oxidation sites excluding steroid dienone is 1. The second-order valence-corrected chi connectivity index (χ2v) is 5.73. The van der Waals surface area contributed by atoms with Gasteiger partial charge in [0.05, 0.1) is 12.3 Å². The second-order valence-electron chi connectivity index (χ2n) is 5.73. The lowest BCUT2D eigenvalue weighted by molar-refractivity contribution is -0.118. The quantitative estimate of drug-likeness (QED) is 0.574. The van der Waals surface area contributed by atoms with Crippen LogP contribution in [-0.4, -0.2) is 31.5 Å². The standard InChI is InChI=1S/C20H17F2NO5/c1-2-26-17-5-3-4-12(19(17)28-20(21)22)6-8-15(24)13-7-9-16-14(10-13)23-18(25)11-27-16/h3-10,20H,2,11H2,1H3,(H,23,25)/b8-6+. The second kappa shape index (κ2) is 8.51. The zero-order chi connectivity index (χ0) is 20.1. The van der Waals surface area contributed by atoms with E-state index >= 15 is 0 Å². The van der Waals surface area contributed by atoms with E-state index in [1.165, 1.54) is 30.4 Å². The molecule has 0 atom stereocenters. The maximum Gasteiger partial charge on any atom is 0.387 e. The molecule has 0 radical (unpaired) electrons. The van der Waals surface area contributed by atoms with Crippen LogP contribution in [0.2, 0.25) is 0 Å². The van der Waals surface area contributed by atoms with Gasteiger partial charge in [-0.25, -0.2) is 0 Å². The Labute approximate surface area is 159 Å². The molecule has 0 unspecified atom stereocenters. The Balaban J connectivity index is 1.85. The fraction of sp³-hybridized carbons (Fsp3) is 0.200. The molecule has 0 bridgehead atoms. The van der Waals surface area contributed by atoms with Crippen LogP contribution in [0, 0.1) is 0 Å². The first-order valence-electron chi connectivity index (χ1n) is 8.47. The van der Waals surface area contributed by atoms with E-state index < -0.39 is 6.61 Å². The van der Waals surface area contributed by atoms with Crippen LogP contribution in [0.25, 0.3) is 6.08 Å². The van der Waals surface area contributed by atoms with E-state index in [1.54, 1.807) is 25.1 Å². The molecule has 28 heavy (non-hydrogen) atoms. The number of benzene rings is 2. The fourth-order valence-corrected chi connectivity index (χ4v) is 2.65. The van der Waals surface area contributed by atoms with Gasteiger partial charge < -0.3 is 19.5 Å². The highest BCUT2D eigenvalue weighted by Crippen LogP contribution is 2.34. The minimum atomic E-state index is -3.03. The summed E-state index contributed by atoms with van der Waals surface area (Å²) in [5, 5.41) is 2.62. The molecule has 1 amide bonds. The van der Waals surface area contributed by atoms with Crippen molar-refractivity contribution in [2.75, 3.05) is 18.5 Å². The molecule has 6 nitrogen and oxygen atoms in total. The van der Waals surface area contributed by atoms with Crippen LogP contribution < -0.4 is 19.5 Å². The van der Waals surface area contributed by atoms with Gasteiger partial charge in [-0.05, 0) is 43.3 Å². The number of halogens is 2. The number of carbonyl (C=O) groups is 2. The van der Waals surface area contributed by atoms with Crippen molar-refractivity contribution in [3.8, 4) is 17.2 Å². The van der Waals surface area contributed by atoms with Crippen molar-refractivity contribution in [3.05, 3.63) is 53.6 Å². The van der Waals surface area contributed by atoms with Gasteiger partial charge in [-0.15, -0.1) is 0 Å². The number of hydrogen-bond donors (Lipinski definition) is 1. The molecule has 0 saturated carbocycles. The van der Waals surface area contributed by atoms with E-state index in [0.717, 1.165) is 0 Å². The normalized spacial score (nSPS) is 13.1. The van der Waals surface area contributed by atoms with Gasteiger partial charge in [-0.1, -0.05) is 12.1 Å². The zero-order valence-corrected chi connectivity index (χ0v) is 14.9. The van der Waals surface area contributed by atoms with Crippen molar-refractivity contribution in [1.82, 2.24) is 0 Å². The van der Waals surface area contributed by atoms with Gasteiger partial charge >= 0.3 is 6.61 Å². The predicted octanol–water partition coefficient (Wildman–Crippen LogP) is 3.91. The maximum atomic E-state index is 12.8. The van der Waals surface area contributed by atoms with Gasteiger partial charge in [-0.2, -0.15) is 8.78 Å². The molecule has 0 aromatic heterocycles. The average Bonchev–Trinajstić information content (AvgIpc) is 2.67. The van der Waals surface area contributed by atoms with Crippen molar-refractivity contribution >= 4 is 23.5 Å². The van der Waals surface area contributed by atoms with Crippen molar-refractivity contribution in [1.29, 1.82) is 0 Å². The van der Waals surface area contributed by atoms with Crippen LogP contribution >= 0.6 is 0 Å². The molecule has 1 aliphatic rings. The first-order chi connectivity index (χ1) is 13.5. The summed E-state index contributed by atoms with van der Waals surface area (Å²) < 4.78 is 40.6. The van der Waals surface area contributed by atoms with E-state index in [2.05, 4.69) is 10.1 Å². The Bertz CT molecular complexity index is 927. The van der Waals surface area contributed by atoms with E-state index in [-0.39, 0.29) is 42.0 Å². The number of para-hydroxylation sites is 1. The van der Waals surface area contributed by atoms with Crippen LogP contribution in [0.4, 0.5) is 14.5 Å². The number of ketones is 1. The van der Waals surface area contributed by atoms with Gasteiger partial charge in [0.15, 0.2) is 23.9 Å². The first-order valence-corrected chi connectivity index (χ1v) is 8.47. The summed E-state index contributed by atoms with van der Waals surface area (Å²) in [6, 6.07) is 9.27. The molecule has 0 spiro atoms. The number of rotatable bonds is 7. The van der Waals surface area contributed by atoms with E-state index in [0.29, 0.717) is 17.0 Å². The van der Waals surface area contributed by atoms with Crippen LogP contribution in [0.1, 0.15) is 22.8 Å². The van der Waals surface area contributed by atoms with Gasteiger partial charge in [0.1, 0.15) is 5.75 Å². The van der Waals surface area contributed by atoms with Crippen molar-refractivity contribution < 1.29 is 32.6 Å². The lowest BCUT2D eigenvalue weighted by Gasteiger charge is -2.18. The SMILES string of the molecule is CCOc1cccc(/C=C/C(=O)c2ccc3c(c2)NC(=O)CO3)c1OC(F)F. The monoisotopic (exact) mass is 389 g/mol. The molecular weight excluding hydrogens is 372 g/mol. The van der Waals surface area contributed by atoms with Gasteiger partial charge in [0, 0.05) is 11.1 Å². The molecule has 0 saturated heterocycles. The molecule has 2 aromatic carbocycles. The third-order valence-electron chi connectivity index (χ3n) is 3.83. The van der Waals surface area contributed by atoms with Crippen molar-refractivity contribution in [2.45, 2.75) is 13.5 Å². The van der Waals surface area contributed by atoms with Crippen LogP contribution in [0.15, 0.2) is 42.5 Å². The Morgan fingerprint density at radius 3 is 2.89 bits per heavy atom. The summed E-state index contributed by atoms with van der Waals surface area (Å²) >= 11 is 0. The molecule has 1 aliphatic heterocycles. The maximum absolute atomic E-state index is 12.8. The Hall–Kier alpha value is -3.42. The minimum absolute atomic E-state index is 0.0801. The summed E-state index contributed by atoms with van der Waals surface area (Å²) in [6.45, 7) is -1.12. The minimum Gasteiger partial charge on any atom is -0.490 e. The number of amides is 1. The van der Waals surface area contributed by atoms with E-state index in [1.807, 2.05) is 0 Å². The molecule has 146 valence electrons. The highest BCUT2D eigenvalue weighted by Gasteiger charge is 2.18. The van der Waals surface area contributed by atoms with Gasteiger partial charge in [0.2, 0.25) is 0 Å². The number of anilines is 1. The number of fused-ring (bicyclic) bond motifs is 1. The summed E-state index contributed by atoms with van der Waals surface area (Å²) in [7, 11) is 0. The lowest BCUT2D eigenvalue weighted by atomic mass is 10.1. The topological polar surface area (TPSA) is 73.9 Å². The van der Waals surface area contributed by atoms with E-state index in [9.17, 15) is 18.4 Å². The summed E-state index contributed by atoms with van der Waals surface area (Å²) in [4.78, 5) is 23.9. The smallest absolute Gasteiger partial charge is 0.387 e. The molecule has 8 heteroatoms. The lowest BCUT2D eigenvalue weighted by Crippen LogP contribution is -2.25. The molecule has 2 aromatic rings. The third kappa shape index (κ3) is 4.46.